The number of aliphatic hydroxyl groups excluding tert-OH is 2. The van der Waals surface area contributed by atoms with E-state index in [1.165, 1.54) is 70.6 Å². The van der Waals surface area contributed by atoms with Crippen LogP contribution in [0.1, 0.15) is 162 Å². The number of aliphatic hydroxyl groups is 2. The zero-order valence-electron chi connectivity index (χ0n) is 30.5. The summed E-state index contributed by atoms with van der Waals surface area (Å²) >= 11 is 0. The Kier molecular flexibility index (Phi) is 36.1. The molecule has 0 rings (SSSR count). The Bertz CT molecular complexity index is 879. The number of rotatable bonds is 33. The second kappa shape index (κ2) is 38.0. The van der Waals surface area contributed by atoms with Crippen molar-refractivity contribution in [2.45, 2.75) is 174 Å². The number of hydrogen-bond acceptors (Lipinski definition) is 3. The van der Waals surface area contributed by atoms with Crippen molar-refractivity contribution in [2.24, 2.45) is 0 Å². The van der Waals surface area contributed by atoms with Crippen molar-refractivity contribution in [3.05, 3.63) is 85.1 Å². The lowest BCUT2D eigenvalue weighted by Crippen LogP contribution is -2.45. The highest BCUT2D eigenvalue weighted by atomic mass is 16.3. The predicted molar refractivity (Wildman–Crippen MR) is 207 cm³/mol. The summed E-state index contributed by atoms with van der Waals surface area (Å²) < 4.78 is 0. The second-order valence-corrected chi connectivity index (χ2v) is 12.6. The highest BCUT2D eigenvalue weighted by Gasteiger charge is 2.17. The molecule has 47 heavy (non-hydrogen) atoms. The van der Waals surface area contributed by atoms with E-state index in [0.717, 1.165) is 70.6 Å². The quantitative estimate of drug-likeness (QED) is 0.0488. The van der Waals surface area contributed by atoms with Gasteiger partial charge >= 0.3 is 0 Å². The molecule has 268 valence electrons. The summed E-state index contributed by atoms with van der Waals surface area (Å²) in [5.41, 5.74) is 0. The van der Waals surface area contributed by atoms with Crippen molar-refractivity contribution >= 4 is 5.91 Å². The molecular weight excluding hydrogens is 578 g/mol. The summed E-state index contributed by atoms with van der Waals surface area (Å²) in [4.78, 5) is 12.3. The molecule has 0 saturated heterocycles. The van der Waals surface area contributed by atoms with Gasteiger partial charge in [0.05, 0.1) is 18.8 Å². The summed E-state index contributed by atoms with van der Waals surface area (Å²) in [7, 11) is 0. The minimum atomic E-state index is -0.874. The Morgan fingerprint density at radius 2 is 0.957 bits per heavy atom. The molecule has 0 bridgehead atoms. The topological polar surface area (TPSA) is 69.6 Å². The summed E-state index contributed by atoms with van der Waals surface area (Å²) in [6.07, 6.45) is 55.3. The van der Waals surface area contributed by atoms with Crippen LogP contribution >= 0.6 is 0 Å². The van der Waals surface area contributed by atoms with Gasteiger partial charge in [-0.25, -0.2) is 0 Å². The van der Waals surface area contributed by atoms with Gasteiger partial charge in [-0.1, -0.05) is 163 Å². The number of hydrogen-bond donors (Lipinski definition) is 3. The van der Waals surface area contributed by atoms with Gasteiger partial charge in [-0.3, -0.25) is 4.79 Å². The molecule has 0 radical (unpaired) electrons. The standard InChI is InChI=1S/C43H73NO3/c1-3-5-7-9-11-13-15-17-18-19-20-21-22-23-24-25-26-27-29-31-33-35-37-39-43(47)44-41(40-45)42(46)38-36-34-32-30-28-16-14-12-10-8-6-4-2/h5,7,10-13,17-18,20-21,28,30,36,38,41-42,45-46H,3-4,6,8-9,14-16,19,22-27,29,31-35,37,39-40H2,1-2H3,(H,44,47)/b7-5-,12-10+,13-11-,18-17-,21-20-,30-28+,38-36+. The minimum absolute atomic E-state index is 0.0894. The zero-order valence-corrected chi connectivity index (χ0v) is 30.5. The summed E-state index contributed by atoms with van der Waals surface area (Å²) in [5, 5.41) is 22.8. The first-order chi connectivity index (χ1) is 23.2. The van der Waals surface area contributed by atoms with Gasteiger partial charge in [-0.2, -0.15) is 0 Å². The first-order valence-electron chi connectivity index (χ1n) is 19.3. The number of allylic oxidation sites excluding steroid dienone is 13. The van der Waals surface area contributed by atoms with E-state index in [1.807, 2.05) is 6.08 Å². The van der Waals surface area contributed by atoms with Crippen LogP contribution in [-0.4, -0.2) is 34.9 Å². The van der Waals surface area contributed by atoms with E-state index < -0.39 is 12.1 Å². The maximum absolute atomic E-state index is 12.3. The Morgan fingerprint density at radius 1 is 0.532 bits per heavy atom. The largest absolute Gasteiger partial charge is 0.394 e. The van der Waals surface area contributed by atoms with Crippen molar-refractivity contribution < 1.29 is 15.0 Å². The molecule has 2 atom stereocenters. The maximum atomic E-state index is 12.3. The summed E-state index contributed by atoms with van der Waals surface area (Å²) in [6.45, 7) is 4.11. The molecule has 0 aromatic rings. The van der Waals surface area contributed by atoms with Crippen LogP contribution in [0.4, 0.5) is 0 Å². The lowest BCUT2D eigenvalue weighted by molar-refractivity contribution is -0.123. The average molecular weight is 652 g/mol. The normalized spacial score (nSPS) is 14.0. The molecule has 4 nitrogen and oxygen atoms in total. The first kappa shape index (κ1) is 44.6. The number of nitrogens with one attached hydrogen (secondary N) is 1. The molecular formula is C43H73NO3. The molecule has 4 heteroatoms. The summed E-state index contributed by atoms with van der Waals surface area (Å²) in [6, 6.07) is -0.650. The van der Waals surface area contributed by atoms with E-state index in [4.69, 9.17) is 0 Å². The first-order valence-corrected chi connectivity index (χ1v) is 19.3. The van der Waals surface area contributed by atoms with E-state index in [0.29, 0.717) is 6.42 Å². The number of unbranched alkanes of at least 4 members (excludes halogenated alkanes) is 14. The fourth-order valence-electron chi connectivity index (χ4n) is 5.13. The van der Waals surface area contributed by atoms with Crippen LogP contribution in [0.2, 0.25) is 0 Å². The Hall–Kier alpha value is -2.43. The molecule has 0 aromatic heterocycles. The van der Waals surface area contributed by atoms with Gasteiger partial charge in [0.1, 0.15) is 0 Å². The van der Waals surface area contributed by atoms with E-state index >= 15 is 0 Å². The van der Waals surface area contributed by atoms with Crippen LogP contribution in [0.5, 0.6) is 0 Å². The van der Waals surface area contributed by atoms with E-state index in [1.54, 1.807) is 6.08 Å². The van der Waals surface area contributed by atoms with E-state index in [9.17, 15) is 15.0 Å². The predicted octanol–water partition coefficient (Wildman–Crippen LogP) is 11.7. The lowest BCUT2D eigenvalue weighted by atomic mass is 10.0. The molecule has 0 saturated carbocycles. The van der Waals surface area contributed by atoms with Gasteiger partial charge in [0.2, 0.25) is 5.91 Å². The molecule has 0 aliphatic carbocycles. The Labute approximate surface area is 291 Å². The Morgan fingerprint density at radius 3 is 1.49 bits per heavy atom. The van der Waals surface area contributed by atoms with Gasteiger partial charge in [0, 0.05) is 6.42 Å². The molecule has 1 amide bonds. The van der Waals surface area contributed by atoms with Crippen LogP contribution in [0.25, 0.3) is 0 Å². The third kappa shape index (κ3) is 34.7. The van der Waals surface area contributed by atoms with Gasteiger partial charge < -0.3 is 15.5 Å². The lowest BCUT2D eigenvalue weighted by Gasteiger charge is -2.19. The fraction of sp³-hybridized carbons (Fsp3) is 0.651. The van der Waals surface area contributed by atoms with Crippen LogP contribution < -0.4 is 5.32 Å². The highest BCUT2D eigenvalue weighted by Crippen LogP contribution is 2.12. The highest BCUT2D eigenvalue weighted by molar-refractivity contribution is 5.76. The third-order valence-corrected chi connectivity index (χ3v) is 8.09. The molecule has 0 spiro atoms. The van der Waals surface area contributed by atoms with Crippen LogP contribution in [0.3, 0.4) is 0 Å². The second-order valence-electron chi connectivity index (χ2n) is 12.6. The monoisotopic (exact) mass is 652 g/mol. The minimum Gasteiger partial charge on any atom is -0.394 e. The van der Waals surface area contributed by atoms with Crippen LogP contribution in [0, 0.1) is 0 Å². The fourth-order valence-corrected chi connectivity index (χ4v) is 5.13. The third-order valence-electron chi connectivity index (χ3n) is 8.09. The van der Waals surface area contributed by atoms with Gasteiger partial charge in [-0.15, -0.1) is 0 Å². The number of carbonyl (C=O) groups is 1. The van der Waals surface area contributed by atoms with Crippen molar-refractivity contribution in [1.82, 2.24) is 5.32 Å². The van der Waals surface area contributed by atoms with Gasteiger partial charge in [0.15, 0.2) is 0 Å². The maximum Gasteiger partial charge on any atom is 0.220 e. The van der Waals surface area contributed by atoms with Crippen molar-refractivity contribution in [3.8, 4) is 0 Å². The molecule has 2 unspecified atom stereocenters. The smallest absolute Gasteiger partial charge is 0.220 e. The average Bonchev–Trinajstić information content (AvgIpc) is 3.07. The van der Waals surface area contributed by atoms with Gasteiger partial charge in [-0.05, 0) is 77.0 Å². The number of carbonyl (C=O) groups excluding carboxylic acids is 1. The molecule has 0 aromatic carbocycles. The van der Waals surface area contributed by atoms with E-state index in [2.05, 4.69) is 92.1 Å². The SMILES string of the molecule is CC/C=C\C/C=C\C/C=C\C/C=C\CCCCCCCCCCCCC(=O)NC(CO)C(O)/C=C/CC/C=C/CC/C=C/CCCC. The summed E-state index contributed by atoms with van der Waals surface area (Å²) in [5.74, 6) is -0.0894. The van der Waals surface area contributed by atoms with E-state index in [-0.39, 0.29) is 12.5 Å². The molecule has 0 aliphatic heterocycles. The number of amides is 1. The molecule has 0 aliphatic rings. The molecule has 0 fully saturated rings. The van der Waals surface area contributed by atoms with Crippen LogP contribution in [0.15, 0.2) is 85.1 Å². The molecule has 0 heterocycles. The van der Waals surface area contributed by atoms with Crippen LogP contribution in [-0.2, 0) is 4.79 Å². The van der Waals surface area contributed by atoms with Crippen molar-refractivity contribution in [2.75, 3.05) is 6.61 Å². The zero-order chi connectivity index (χ0) is 34.3. The van der Waals surface area contributed by atoms with Crippen molar-refractivity contribution in [3.63, 3.8) is 0 Å². The van der Waals surface area contributed by atoms with Gasteiger partial charge in [0.25, 0.3) is 0 Å². The molecule has 3 N–H and O–H groups in total. The van der Waals surface area contributed by atoms with Crippen molar-refractivity contribution in [1.29, 1.82) is 0 Å². The Balaban J connectivity index is 3.66.